The molecule has 0 spiro atoms. The van der Waals surface area contributed by atoms with Gasteiger partial charge in [0.1, 0.15) is 0 Å². The summed E-state index contributed by atoms with van der Waals surface area (Å²) in [5.74, 6) is -0.455. The molecule has 0 bridgehead atoms. The van der Waals surface area contributed by atoms with Crippen molar-refractivity contribution < 1.29 is 19.4 Å². The third kappa shape index (κ3) is 4.09. The van der Waals surface area contributed by atoms with Crippen LogP contribution in [0.5, 0.6) is 0 Å². The van der Waals surface area contributed by atoms with Crippen molar-refractivity contribution in [2.24, 2.45) is 5.92 Å². The predicted molar refractivity (Wildman–Crippen MR) is 68.9 cm³/mol. The highest BCUT2D eigenvalue weighted by Crippen LogP contribution is 2.20. The first kappa shape index (κ1) is 14.1. The minimum atomic E-state index is -0.842. The summed E-state index contributed by atoms with van der Waals surface area (Å²) in [5.41, 5.74) is 0. The van der Waals surface area contributed by atoms with E-state index in [-0.39, 0.29) is 18.5 Å². The van der Waals surface area contributed by atoms with Gasteiger partial charge in [0.15, 0.2) is 0 Å². The summed E-state index contributed by atoms with van der Waals surface area (Å²) in [4.78, 5) is 24.5. The summed E-state index contributed by atoms with van der Waals surface area (Å²) in [6, 6.07) is -0.283. The molecule has 0 saturated carbocycles. The lowest BCUT2D eigenvalue weighted by Gasteiger charge is -2.26. The summed E-state index contributed by atoms with van der Waals surface area (Å²) in [5, 5.41) is 11.7. The zero-order valence-electron chi connectivity index (χ0n) is 11.1. The van der Waals surface area contributed by atoms with Crippen LogP contribution < -0.4 is 5.32 Å². The molecular weight excluding hydrogens is 248 g/mol. The number of carbonyl (C=O) groups is 2. The first-order chi connectivity index (χ1) is 9.16. The van der Waals surface area contributed by atoms with Crippen molar-refractivity contribution in [1.82, 2.24) is 10.2 Å². The normalized spacial score (nSPS) is 27.3. The Hall–Kier alpha value is -1.30. The number of ether oxygens (including phenoxy) is 1. The molecular formula is C13H22N2O4. The van der Waals surface area contributed by atoms with Crippen LogP contribution in [0.1, 0.15) is 32.1 Å². The molecule has 2 fully saturated rings. The van der Waals surface area contributed by atoms with Crippen molar-refractivity contribution in [3.8, 4) is 0 Å². The summed E-state index contributed by atoms with van der Waals surface area (Å²) >= 11 is 0. The number of carbonyl (C=O) groups excluding carboxylic acids is 1. The molecule has 2 heterocycles. The van der Waals surface area contributed by atoms with Gasteiger partial charge in [0.25, 0.3) is 0 Å². The van der Waals surface area contributed by atoms with Gasteiger partial charge in [-0.1, -0.05) is 0 Å². The quantitative estimate of drug-likeness (QED) is 0.800. The molecule has 108 valence electrons. The van der Waals surface area contributed by atoms with Gasteiger partial charge in [-0.3, -0.25) is 4.79 Å². The maximum Gasteiger partial charge on any atom is 0.317 e. The fourth-order valence-electron chi connectivity index (χ4n) is 2.82. The van der Waals surface area contributed by atoms with Crippen LogP contribution in [-0.4, -0.2) is 54.4 Å². The summed E-state index contributed by atoms with van der Waals surface area (Å²) in [6.07, 6.45) is 3.84. The smallest absolute Gasteiger partial charge is 0.317 e. The molecule has 0 aromatic heterocycles. The predicted octanol–water partition coefficient (Wildman–Crippen LogP) is 1.06. The van der Waals surface area contributed by atoms with E-state index in [2.05, 4.69) is 5.32 Å². The maximum absolute atomic E-state index is 12.1. The second kappa shape index (κ2) is 6.75. The van der Waals surface area contributed by atoms with Crippen molar-refractivity contribution in [3.05, 3.63) is 0 Å². The topological polar surface area (TPSA) is 78.9 Å². The zero-order chi connectivity index (χ0) is 13.7. The van der Waals surface area contributed by atoms with Gasteiger partial charge in [0.05, 0.1) is 13.0 Å². The SMILES string of the molecule is O=C(O)CC1CCCN1C(=O)NCC1CCCOC1. The largest absolute Gasteiger partial charge is 0.481 e. The Morgan fingerprint density at radius 3 is 2.84 bits per heavy atom. The van der Waals surface area contributed by atoms with Crippen molar-refractivity contribution >= 4 is 12.0 Å². The minimum absolute atomic E-state index is 0.0416. The molecule has 19 heavy (non-hydrogen) atoms. The van der Waals surface area contributed by atoms with Crippen LogP contribution >= 0.6 is 0 Å². The van der Waals surface area contributed by atoms with Gasteiger partial charge in [0.2, 0.25) is 0 Å². The van der Waals surface area contributed by atoms with Gasteiger partial charge >= 0.3 is 12.0 Å². The Bertz CT molecular complexity index is 329. The molecule has 2 amide bonds. The fraction of sp³-hybridized carbons (Fsp3) is 0.846. The summed E-state index contributed by atoms with van der Waals surface area (Å²) in [6.45, 7) is 2.80. The molecule has 6 nitrogen and oxygen atoms in total. The first-order valence-electron chi connectivity index (χ1n) is 7.01. The van der Waals surface area contributed by atoms with E-state index in [4.69, 9.17) is 9.84 Å². The molecule has 2 N–H and O–H groups in total. The average Bonchev–Trinajstić information content (AvgIpc) is 2.84. The number of aliphatic carboxylic acids is 1. The minimum Gasteiger partial charge on any atom is -0.481 e. The monoisotopic (exact) mass is 270 g/mol. The average molecular weight is 270 g/mol. The van der Waals surface area contributed by atoms with Crippen molar-refractivity contribution in [3.63, 3.8) is 0 Å². The Kier molecular flexibility index (Phi) is 5.01. The number of carboxylic acid groups (broad SMARTS) is 1. The van der Waals surface area contributed by atoms with Crippen LogP contribution in [0.25, 0.3) is 0 Å². The molecule has 2 atom stereocenters. The van der Waals surface area contributed by atoms with Gasteiger partial charge in [-0.15, -0.1) is 0 Å². The maximum atomic E-state index is 12.1. The van der Waals surface area contributed by atoms with Gasteiger partial charge < -0.3 is 20.1 Å². The van der Waals surface area contributed by atoms with Crippen LogP contribution in [0.15, 0.2) is 0 Å². The molecule has 6 heteroatoms. The van der Waals surface area contributed by atoms with Crippen LogP contribution in [-0.2, 0) is 9.53 Å². The Labute approximate surface area is 113 Å². The van der Waals surface area contributed by atoms with E-state index in [9.17, 15) is 9.59 Å². The van der Waals surface area contributed by atoms with Gasteiger partial charge in [-0.2, -0.15) is 0 Å². The third-order valence-electron chi connectivity index (χ3n) is 3.84. The van der Waals surface area contributed by atoms with E-state index < -0.39 is 5.97 Å². The number of nitrogens with one attached hydrogen (secondary N) is 1. The van der Waals surface area contributed by atoms with E-state index in [1.54, 1.807) is 4.90 Å². The number of hydrogen-bond acceptors (Lipinski definition) is 3. The lowest BCUT2D eigenvalue weighted by molar-refractivity contribution is -0.137. The molecule has 2 rings (SSSR count). The van der Waals surface area contributed by atoms with Gasteiger partial charge in [-0.25, -0.2) is 4.79 Å². The highest BCUT2D eigenvalue weighted by molar-refractivity contribution is 5.76. The lowest BCUT2D eigenvalue weighted by atomic mass is 10.0. The molecule has 0 radical (unpaired) electrons. The Balaban J connectivity index is 1.76. The van der Waals surface area contributed by atoms with Crippen LogP contribution in [0.3, 0.4) is 0 Å². The van der Waals surface area contributed by atoms with Crippen LogP contribution in [0, 0.1) is 5.92 Å². The molecule has 0 aromatic carbocycles. The van der Waals surface area contributed by atoms with E-state index in [1.807, 2.05) is 0 Å². The van der Waals surface area contributed by atoms with Crippen LogP contribution in [0.4, 0.5) is 4.79 Å². The molecule has 2 aliphatic rings. The second-order valence-electron chi connectivity index (χ2n) is 5.36. The number of amides is 2. The number of rotatable bonds is 4. The van der Waals surface area contributed by atoms with Crippen molar-refractivity contribution in [1.29, 1.82) is 0 Å². The van der Waals surface area contributed by atoms with Crippen molar-refractivity contribution in [2.75, 3.05) is 26.3 Å². The zero-order valence-corrected chi connectivity index (χ0v) is 11.1. The lowest BCUT2D eigenvalue weighted by Crippen LogP contribution is -2.45. The highest BCUT2D eigenvalue weighted by Gasteiger charge is 2.30. The van der Waals surface area contributed by atoms with E-state index in [0.717, 1.165) is 32.3 Å². The molecule has 2 unspecified atom stereocenters. The number of carboxylic acids is 1. The molecule has 2 aliphatic heterocycles. The number of urea groups is 1. The number of hydrogen-bond donors (Lipinski definition) is 2. The van der Waals surface area contributed by atoms with E-state index >= 15 is 0 Å². The van der Waals surface area contributed by atoms with Crippen molar-refractivity contribution in [2.45, 2.75) is 38.1 Å². The van der Waals surface area contributed by atoms with Crippen LogP contribution in [0.2, 0.25) is 0 Å². The number of likely N-dealkylation sites (tertiary alicyclic amines) is 1. The van der Waals surface area contributed by atoms with Gasteiger partial charge in [0, 0.05) is 25.7 Å². The molecule has 0 aliphatic carbocycles. The molecule has 0 aromatic rings. The second-order valence-corrected chi connectivity index (χ2v) is 5.36. The molecule has 2 saturated heterocycles. The Morgan fingerprint density at radius 2 is 2.16 bits per heavy atom. The Morgan fingerprint density at radius 1 is 1.32 bits per heavy atom. The third-order valence-corrected chi connectivity index (χ3v) is 3.84. The first-order valence-corrected chi connectivity index (χ1v) is 7.01. The van der Waals surface area contributed by atoms with E-state index in [1.165, 1.54) is 0 Å². The van der Waals surface area contributed by atoms with Gasteiger partial charge in [-0.05, 0) is 31.6 Å². The highest BCUT2D eigenvalue weighted by atomic mass is 16.5. The van der Waals surface area contributed by atoms with E-state index in [0.29, 0.717) is 25.6 Å². The standard InChI is InChI=1S/C13H22N2O4/c16-12(17)7-11-4-1-5-15(11)13(18)14-8-10-3-2-6-19-9-10/h10-11H,1-9H2,(H,14,18)(H,16,17). The number of nitrogens with zero attached hydrogens (tertiary/aromatic N) is 1. The fourth-order valence-corrected chi connectivity index (χ4v) is 2.82. The summed E-state index contributed by atoms with van der Waals surface area (Å²) in [7, 11) is 0. The summed E-state index contributed by atoms with van der Waals surface area (Å²) < 4.78 is 5.37.